The first kappa shape index (κ1) is 14.9. The van der Waals surface area contributed by atoms with Crippen molar-refractivity contribution in [2.45, 2.75) is 49.0 Å². The number of halogens is 2. The van der Waals surface area contributed by atoms with Crippen LogP contribution in [0.15, 0.2) is 0 Å². The van der Waals surface area contributed by atoms with Crippen LogP contribution in [0.3, 0.4) is 0 Å². The molecule has 1 amide bonds. The summed E-state index contributed by atoms with van der Waals surface area (Å²) in [7, 11) is 0. The van der Waals surface area contributed by atoms with Crippen LogP contribution in [0.5, 0.6) is 0 Å². The number of hydrogen-bond donors (Lipinski definition) is 1. The smallest absolute Gasteiger partial charge is 0.410 e. The van der Waals surface area contributed by atoms with E-state index in [1.54, 1.807) is 43.4 Å². The van der Waals surface area contributed by atoms with E-state index in [-0.39, 0.29) is 25.9 Å². The van der Waals surface area contributed by atoms with Gasteiger partial charge in [0.05, 0.1) is 0 Å². The van der Waals surface area contributed by atoms with Gasteiger partial charge >= 0.3 is 6.09 Å². The molecule has 0 aromatic rings. The van der Waals surface area contributed by atoms with Crippen molar-refractivity contribution in [1.82, 2.24) is 4.90 Å². The minimum absolute atomic E-state index is 0.149. The molecule has 0 aromatic carbocycles. The first-order valence-corrected chi connectivity index (χ1v) is 6.88. The number of rotatable bonds is 1. The predicted octanol–water partition coefficient (Wildman–Crippen LogP) is 2.48. The average Bonchev–Trinajstić information content (AvgIpc) is 2.15. The number of likely N-dealkylation sites (tertiary alicyclic amines) is 1. The summed E-state index contributed by atoms with van der Waals surface area (Å²) in [6.07, 6.45) is -0.116. The summed E-state index contributed by atoms with van der Waals surface area (Å²) in [5, 5.41) is 9.32. The minimum Gasteiger partial charge on any atom is -0.444 e. The van der Waals surface area contributed by atoms with Gasteiger partial charge in [-0.15, -0.1) is 0 Å². The molecule has 1 atom stereocenters. The largest absolute Gasteiger partial charge is 0.444 e. The fourth-order valence-corrected chi connectivity index (χ4v) is 2.25. The van der Waals surface area contributed by atoms with Gasteiger partial charge in [-0.2, -0.15) is 0 Å². The highest BCUT2D eigenvalue weighted by Crippen LogP contribution is 2.33. The Hall–Kier alpha value is -0.110. The van der Waals surface area contributed by atoms with Gasteiger partial charge in [-0.3, -0.25) is 0 Å². The molecule has 0 aliphatic carbocycles. The van der Waals surface area contributed by atoms with Crippen LogP contribution in [0.4, 0.5) is 9.18 Å². The summed E-state index contributed by atoms with van der Waals surface area (Å²) < 4.78 is 18.2. The molecule has 1 aliphatic heterocycles. The Morgan fingerprint density at radius 2 is 1.94 bits per heavy atom. The Labute approximate surface area is 115 Å². The molecular weight excluding hydrogens is 340 g/mol. The maximum atomic E-state index is 14.0. The van der Waals surface area contributed by atoms with Gasteiger partial charge in [0.15, 0.2) is 0 Å². The van der Waals surface area contributed by atoms with Gasteiger partial charge in [0.1, 0.15) is 15.4 Å². The van der Waals surface area contributed by atoms with Crippen molar-refractivity contribution in [3.63, 3.8) is 0 Å². The lowest BCUT2D eigenvalue weighted by atomic mass is 9.94. The Bertz CT molecular complexity index is 283. The molecule has 100 valence electrons. The van der Waals surface area contributed by atoms with Gasteiger partial charge in [-0.05, 0) is 43.4 Å². The highest BCUT2D eigenvalue weighted by molar-refractivity contribution is 14.1. The molecule has 17 heavy (non-hydrogen) atoms. The van der Waals surface area contributed by atoms with Crippen LogP contribution in [0.2, 0.25) is 0 Å². The molecule has 0 spiro atoms. The molecular formula is C11H19FINO3. The molecule has 1 saturated heterocycles. The van der Waals surface area contributed by atoms with E-state index in [0.717, 1.165) is 0 Å². The second-order valence-electron chi connectivity index (χ2n) is 5.34. The fraction of sp³-hybridized carbons (Fsp3) is 0.909. The van der Waals surface area contributed by atoms with E-state index >= 15 is 0 Å². The number of ether oxygens (including phenoxy) is 1. The van der Waals surface area contributed by atoms with E-state index in [1.807, 2.05) is 0 Å². The van der Waals surface area contributed by atoms with E-state index in [4.69, 9.17) is 4.74 Å². The third kappa shape index (κ3) is 4.24. The van der Waals surface area contributed by atoms with E-state index in [2.05, 4.69) is 0 Å². The van der Waals surface area contributed by atoms with Crippen LogP contribution >= 0.6 is 22.6 Å². The van der Waals surface area contributed by atoms with Gasteiger partial charge < -0.3 is 14.7 Å². The maximum absolute atomic E-state index is 14.0. The molecule has 1 heterocycles. The number of nitrogens with zero attached hydrogens (tertiary/aromatic N) is 1. The molecule has 4 nitrogen and oxygen atoms in total. The van der Waals surface area contributed by atoms with Crippen LogP contribution in [0.1, 0.15) is 33.6 Å². The topological polar surface area (TPSA) is 49.8 Å². The highest BCUT2D eigenvalue weighted by atomic mass is 127. The number of alkyl halides is 2. The molecule has 1 rings (SSSR count). The molecule has 6 heteroatoms. The average molecular weight is 359 g/mol. The summed E-state index contributed by atoms with van der Waals surface area (Å²) in [6, 6.07) is 0. The molecule has 0 bridgehead atoms. The van der Waals surface area contributed by atoms with Gasteiger partial charge in [0.25, 0.3) is 0 Å². The molecule has 1 aliphatic rings. The number of amides is 1. The number of aliphatic hydroxyl groups is 1. The van der Waals surface area contributed by atoms with Crippen molar-refractivity contribution in [2.24, 2.45) is 0 Å². The number of hydrogen-bond acceptors (Lipinski definition) is 3. The molecule has 1 N–H and O–H groups in total. The number of piperidine rings is 1. The Balaban J connectivity index is 2.50. The monoisotopic (exact) mass is 359 g/mol. The van der Waals surface area contributed by atoms with E-state index in [9.17, 15) is 14.3 Å². The van der Waals surface area contributed by atoms with Gasteiger partial charge in [0.2, 0.25) is 0 Å². The van der Waals surface area contributed by atoms with E-state index in [0.29, 0.717) is 0 Å². The molecule has 1 fully saturated rings. The van der Waals surface area contributed by atoms with Crippen LogP contribution in [0.25, 0.3) is 0 Å². The standard InChI is InChI=1S/C11H19FINO3/c1-10(2,3)17-9(16)14-6-4-11(12,5-7-14)8(13)15/h8,15H,4-7H2,1-3H3. The lowest BCUT2D eigenvalue weighted by molar-refractivity contribution is -0.0183. The summed E-state index contributed by atoms with van der Waals surface area (Å²) in [4.78, 5) is 13.2. The van der Waals surface area contributed by atoms with Gasteiger partial charge in [0, 0.05) is 25.9 Å². The highest BCUT2D eigenvalue weighted by Gasteiger charge is 2.41. The van der Waals surface area contributed by atoms with E-state index < -0.39 is 21.5 Å². The zero-order chi connectivity index (χ0) is 13.3. The Morgan fingerprint density at radius 3 is 2.29 bits per heavy atom. The van der Waals surface area contributed by atoms with Crippen molar-refractivity contribution in [1.29, 1.82) is 0 Å². The van der Waals surface area contributed by atoms with Gasteiger partial charge in [-0.25, -0.2) is 9.18 Å². The quantitative estimate of drug-likeness (QED) is 0.578. The van der Waals surface area contributed by atoms with Crippen LogP contribution in [0, 0.1) is 0 Å². The Kier molecular flexibility index (Phi) is 4.62. The number of aliphatic hydroxyl groups excluding tert-OH is 1. The van der Waals surface area contributed by atoms with Crippen molar-refractivity contribution < 1.29 is 19.0 Å². The molecule has 1 unspecified atom stereocenters. The minimum atomic E-state index is -1.58. The van der Waals surface area contributed by atoms with E-state index in [1.165, 1.54) is 4.90 Å². The number of carbonyl (C=O) groups is 1. The van der Waals surface area contributed by atoms with Gasteiger partial charge in [-0.1, -0.05) is 0 Å². The summed E-state index contributed by atoms with van der Waals surface area (Å²) in [5.74, 6) is 0. The zero-order valence-electron chi connectivity index (χ0n) is 10.4. The summed E-state index contributed by atoms with van der Waals surface area (Å²) in [6.45, 7) is 5.95. The Morgan fingerprint density at radius 1 is 1.47 bits per heavy atom. The predicted molar refractivity (Wildman–Crippen MR) is 70.9 cm³/mol. The second-order valence-corrected chi connectivity index (χ2v) is 6.52. The van der Waals surface area contributed by atoms with Crippen molar-refractivity contribution in [3.8, 4) is 0 Å². The normalized spacial score (nSPS) is 22.1. The lowest BCUT2D eigenvalue weighted by Gasteiger charge is -2.37. The maximum Gasteiger partial charge on any atom is 0.410 e. The third-order valence-corrected chi connectivity index (χ3v) is 3.79. The molecule has 0 aromatic heterocycles. The molecule has 0 saturated carbocycles. The lowest BCUT2D eigenvalue weighted by Crippen LogP contribution is -2.49. The van der Waals surface area contributed by atoms with Crippen molar-refractivity contribution >= 4 is 28.7 Å². The van der Waals surface area contributed by atoms with Crippen molar-refractivity contribution in [3.05, 3.63) is 0 Å². The summed E-state index contributed by atoms with van der Waals surface area (Å²) in [5.41, 5.74) is -2.12. The summed E-state index contributed by atoms with van der Waals surface area (Å²) >= 11 is 1.67. The zero-order valence-corrected chi connectivity index (χ0v) is 12.5. The molecule has 0 radical (unpaired) electrons. The van der Waals surface area contributed by atoms with Crippen LogP contribution < -0.4 is 0 Å². The number of carbonyl (C=O) groups excluding carboxylic acids is 1. The third-order valence-electron chi connectivity index (χ3n) is 2.67. The van der Waals surface area contributed by atoms with Crippen LogP contribution in [-0.4, -0.2) is 44.6 Å². The first-order chi connectivity index (χ1) is 7.64. The fourth-order valence-electron chi connectivity index (χ4n) is 1.63. The van der Waals surface area contributed by atoms with Crippen LogP contribution in [-0.2, 0) is 4.74 Å². The SMILES string of the molecule is CC(C)(C)OC(=O)N1CCC(F)(C(O)I)CC1. The first-order valence-electron chi connectivity index (χ1n) is 5.63. The second kappa shape index (κ2) is 5.26. The van der Waals surface area contributed by atoms with Crippen molar-refractivity contribution in [2.75, 3.05) is 13.1 Å².